The Morgan fingerprint density at radius 2 is 0.861 bits per heavy atom. The van der Waals surface area contributed by atoms with Gasteiger partial charge in [0.25, 0.3) is 0 Å². The second-order valence-electron chi connectivity index (χ2n) is 10.6. The fraction of sp³-hybridized carbons (Fsp3) is 0.846. The van der Waals surface area contributed by atoms with Crippen LogP contribution in [0.5, 0.6) is 0 Å². The van der Waals surface area contributed by atoms with Crippen LogP contribution in [-0.2, 0) is 19.2 Å². The minimum atomic E-state index is -1.01. The van der Waals surface area contributed by atoms with E-state index in [9.17, 15) is 29.4 Å². The lowest BCUT2D eigenvalue weighted by Gasteiger charge is -2.44. The van der Waals surface area contributed by atoms with Crippen molar-refractivity contribution >= 4 is 23.8 Å². The zero-order chi connectivity index (χ0) is 25.9. The average molecular weight is 509 g/mol. The summed E-state index contributed by atoms with van der Waals surface area (Å²) in [6.07, 6.45) is 11.4. The van der Waals surface area contributed by atoms with Gasteiger partial charge in [-0.05, 0) is 38.5 Å². The first-order valence-corrected chi connectivity index (χ1v) is 13.8. The molecule has 2 saturated heterocycles. The molecule has 10 heteroatoms. The monoisotopic (exact) mass is 508 g/mol. The molecule has 0 spiro atoms. The molecule has 0 aromatic carbocycles. The Balaban J connectivity index is 1.77. The van der Waals surface area contributed by atoms with Crippen molar-refractivity contribution in [3.8, 4) is 0 Å². The number of carbonyl (C=O) groups is 4. The molecule has 204 valence electrons. The zero-order valence-electron chi connectivity index (χ0n) is 21.6. The Morgan fingerprint density at radius 1 is 0.528 bits per heavy atom. The van der Waals surface area contributed by atoms with Crippen LogP contribution in [0.4, 0.5) is 0 Å². The van der Waals surface area contributed by atoms with Gasteiger partial charge in [0, 0.05) is 38.3 Å². The van der Waals surface area contributed by atoms with Crippen molar-refractivity contribution in [2.75, 3.05) is 52.4 Å². The van der Waals surface area contributed by atoms with E-state index in [1.165, 1.54) is 0 Å². The number of carbonyl (C=O) groups excluding carboxylic acids is 2. The molecule has 2 aliphatic heterocycles. The summed E-state index contributed by atoms with van der Waals surface area (Å²) in [7, 11) is 0. The normalized spacial score (nSPS) is 23.8. The van der Waals surface area contributed by atoms with E-state index in [1.54, 1.807) is 9.80 Å². The SMILES string of the molecule is O=C(O)CN(CC(=O)N1CCCCCC1)C1CCCCC1N(CC(=O)O)CC(=O)N1CCCCCC1. The molecular weight excluding hydrogens is 464 g/mol. The molecule has 0 aromatic heterocycles. The van der Waals surface area contributed by atoms with Gasteiger partial charge in [-0.3, -0.25) is 29.0 Å². The predicted molar refractivity (Wildman–Crippen MR) is 135 cm³/mol. The van der Waals surface area contributed by atoms with Crippen LogP contribution in [0.2, 0.25) is 0 Å². The Morgan fingerprint density at radius 3 is 1.17 bits per heavy atom. The fourth-order valence-corrected chi connectivity index (χ4v) is 6.06. The van der Waals surface area contributed by atoms with Crippen LogP contribution >= 0.6 is 0 Å². The number of nitrogens with zero attached hydrogens (tertiary/aromatic N) is 4. The van der Waals surface area contributed by atoms with E-state index in [-0.39, 0.29) is 50.1 Å². The van der Waals surface area contributed by atoms with Gasteiger partial charge in [0.05, 0.1) is 26.2 Å². The Bertz CT molecular complexity index is 685. The number of hydrogen-bond acceptors (Lipinski definition) is 6. The van der Waals surface area contributed by atoms with Crippen LogP contribution < -0.4 is 0 Å². The summed E-state index contributed by atoms with van der Waals surface area (Å²) in [4.78, 5) is 57.1. The minimum absolute atomic E-state index is 0.00838. The maximum atomic E-state index is 13.2. The van der Waals surface area contributed by atoms with Crippen molar-refractivity contribution in [3.05, 3.63) is 0 Å². The first-order chi connectivity index (χ1) is 17.3. The van der Waals surface area contributed by atoms with Gasteiger partial charge in [-0.25, -0.2) is 0 Å². The van der Waals surface area contributed by atoms with E-state index >= 15 is 0 Å². The highest BCUT2D eigenvalue weighted by Crippen LogP contribution is 2.28. The Kier molecular flexibility index (Phi) is 11.4. The average Bonchev–Trinajstić information content (AvgIpc) is 3.28. The maximum Gasteiger partial charge on any atom is 0.317 e. The Labute approximate surface area is 214 Å². The van der Waals surface area contributed by atoms with Gasteiger partial charge in [0.2, 0.25) is 11.8 Å². The number of likely N-dealkylation sites (tertiary alicyclic amines) is 2. The van der Waals surface area contributed by atoms with Crippen molar-refractivity contribution in [2.45, 2.75) is 89.1 Å². The molecule has 1 saturated carbocycles. The number of rotatable bonds is 10. The van der Waals surface area contributed by atoms with Crippen LogP contribution in [0.25, 0.3) is 0 Å². The van der Waals surface area contributed by atoms with E-state index in [2.05, 4.69) is 0 Å². The molecule has 3 fully saturated rings. The van der Waals surface area contributed by atoms with Gasteiger partial charge in [0.15, 0.2) is 0 Å². The molecule has 2 N–H and O–H groups in total. The molecule has 1 aliphatic carbocycles. The zero-order valence-corrected chi connectivity index (χ0v) is 21.6. The summed E-state index contributed by atoms with van der Waals surface area (Å²) < 4.78 is 0. The number of carboxylic acid groups (broad SMARTS) is 2. The molecule has 2 heterocycles. The highest BCUT2D eigenvalue weighted by atomic mass is 16.4. The van der Waals surface area contributed by atoms with Crippen LogP contribution in [0.1, 0.15) is 77.0 Å². The molecule has 2 unspecified atom stereocenters. The highest BCUT2D eigenvalue weighted by Gasteiger charge is 2.38. The minimum Gasteiger partial charge on any atom is -0.480 e. The van der Waals surface area contributed by atoms with E-state index < -0.39 is 11.9 Å². The van der Waals surface area contributed by atoms with Gasteiger partial charge in [-0.15, -0.1) is 0 Å². The van der Waals surface area contributed by atoms with E-state index in [4.69, 9.17) is 0 Å². The molecule has 3 rings (SSSR count). The topological polar surface area (TPSA) is 122 Å². The van der Waals surface area contributed by atoms with Gasteiger partial charge in [0.1, 0.15) is 0 Å². The summed E-state index contributed by atoms with van der Waals surface area (Å²) in [5.41, 5.74) is 0. The number of amides is 2. The third-order valence-electron chi connectivity index (χ3n) is 7.90. The van der Waals surface area contributed by atoms with E-state index in [0.29, 0.717) is 39.0 Å². The molecule has 0 radical (unpaired) electrons. The van der Waals surface area contributed by atoms with Gasteiger partial charge < -0.3 is 20.0 Å². The van der Waals surface area contributed by atoms with Crippen molar-refractivity contribution in [1.82, 2.24) is 19.6 Å². The lowest BCUT2D eigenvalue weighted by Crippen LogP contribution is -2.59. The quantitative estimate of drug-likeness (QED) is 0.459. The van der Waals surface area contributed by atoms with E-state index in [1.807, 2.05) is 9.80 Å². The van der Waals surface area contributed by atoms with Crippen LogP contribution in [0, 0.1) is 0 Å². The lowest BCUT2D eigenvalue weighted by molar-refractivity contribution is -0.146. The smallest absolute Gasteiger partial charge is 0.317 e. The summed E-state index contributed by atoms with van der Waals surface area (Å²) in [5.74, 6) is -2.14. The van der Waals surface area contributed by atoms with Gasteiger partial charge >= 0.3 is 11.9 Å². The van der Waals surface area contributed by atoms with Crippen LogP contribution in [0.3, 0.4) is 0 Å². The summed E-state index contributed by atoms with van der Waals surface area (Å²) in [6.45, 7) is 2.26. The highest BCUT2D eigenvalue weighted by molar-refractivity contribution is 5.80. The third kappa shape index (κ3) is 8.73. The maximum absolute atomic E-state index is 13.2. The third-order valence-corrected chi connectivity index (χ3v) is 7.90. The molecule has 3 aliphatic rings. The second kappa shape index (κ2) is 14.5. The van der Waals surface area contributed by atoms with Crippen molar-refractivity contribution in [1.29, 1.82) is 0 Å². The number of hydrogen-bond donors (Lipinski definition) is 2. The van der Waals surface area contributed by atoms with Crippen molar-refractivity contribution in [2.24, 2.45) is 0 Å². The first-order valence-electron chi connectivity index (χ1n) is 13.8. The molecule has 2 atom stereocenters. The fourth-order valence-electron chi connectivity index (χ4n) is 6.06. The van der Waals surface area contributed by atoms with E-state index in [0.717, 1.165) is 64.2 Å². The standard InChI is InChI=1S/C26H44N4O6/c31-23(27-13-7-1-2-8-14-27)17-29(19-25(33)34)21-11-5-6-12-22(21)30(20-26(35)36)18-24(32)28-15-9-3-4-10-16-28/h21-22H,1-20H2,(H,33,34)(H,35,36). The van der Waals surface area contributed by atoms with Crippen molar-refractivity contribution < 1.29 is 29.4 Å². The molecule has 10 nitrogen and oxygen atoms in total. The molecule has 0 bridgehead atoms. The first kappa shape index (κ1) is 28.4. The second-order valence-corrected chi connectivity index (χ2v) is 10.6. The summed E-state index contributed by atoms with van der Waals surface area (Å²) in [5, 5.41) is 19.3. The summed E-state index contributed by atoms with van der Waals surface area (Å²) in [6, 6.07) is -0.580. The van der Waals surface area contributed by atoms with Crippen molar-refractivity contribution in [3.63, 3.8) is 0 Å². The number of aliphatic carboxylic acids is 2. The Hall–Kier alpha value is -2.20. The molecule has 2 amide bonds. The largest absolute Gasteiger partial charge is 0.480 e. The predicted octanol–water partition coefficient (Wildman–Crippen LogP) is 1.88. The molecule has 0 aromatic rings. The molecule has 36 heavy (non-hydrogen) atoms. The summed E-state index contributed by atoms with van der Waals surface area (Å²) >= 11 is 0. The lowest BCUT2D eigenvalue weighted by atomic mass is 9.87. The molecular formula is C26H44N4O6. The number of carboxylic acids is 2. The van der Waals surface area contributed by atoms with Gasteiger partial charge in [-0.1, -0.05) is 38.5 Å². The van der Waals surface area contributed by atoms with Gasteiger partial charge in [-0.2, -0.15) is 0 Å². The van der Waals surface area contributed by atoms with Crippen LogP contribution in [0.15, 0.2) is 0 Å². The van der Waals surface area contributed by atoms with Crippen LogP contribution in [-0.4, -0.2) is 118 Å².